The maximum absolute atomic E-state index is 12.6. The zero-order chi connectivity index (χ0) is 28.2. The van der Waals surface area contributed by atoms with Gasteiger partial charge in [-0.25, -0.2) is 14.4 Å². The van der Waals surface area contributed by atoms with E-state index >= 15 is 0 Å². The molecule has 8 heteroatoms. The van der Waals surface area contributed by atoms with Crippen LogP contribution in [0.25, 0.3) is 11.1 Å². The van der Waals surface area contributed by atoms with E-state index in [0.717, 1.165) is 27.8 Å². The first-order chi connectivity index (χ1) is 18.5. The summed E-state index contributed by atoms with van der Waals surface area (Å²) in [5, 5.41) is 12.2. The summed E-state index contributed by atoms with van der Waals surface area (Å²) in [5.41, 5.74) is 5.33. The third-order valence-corrected chi connectivity index (χ3v) is 6.65. The molecule has 3 aromatic rings. The Kier molecular flexibility index (Phi) is 8.24. The second-order valence-electron chi connectivity index (χ2n) is 10.6. The Labute approximate surface area is 228 Å². The number of alkyl carbamates (subject to hydrolysis) is 1. The number of carboxylic acid groups (broad SMARTS) is 1. The first-order valence-electron chi connectivity index (χ1n) is 12.9. The normalized spacial score (nSPS) is 13.1. The summed E-state index contributed by atoms with van der Waals surface area (Å²) in [7, 11) is 1.63. The van der Waals surface area contributed by atoms with Gasteiger partial charge in [-0.1, -0.05) is 60.7 Å². The minimum Gasteiger partial charge on any atom is -0.480 e. The fourth-order valence-corrected chi connectivity index (χ4v) is 4.67. The van der Waals surface area contributed by atoms with Gasteiger partial charge in [0.05, 0.1) is 0 Å². The standard InChI is InChI=1S/C31H34N2O6/c1-31(2,3)39-30(37)33(4)21-16-13-20(14-17-21)15-18-27(28(34)35)32-29(36)38-19-26-24-11-7-5-9-22(24)23-10-6-8-12-25(23)26/h5-14,16-17,26-27H,15,18-19H2,1-4H3,(H,32,36)(H,34,35)/t27-/m0/s1. The van der Waals surface area contributed by atoms with E-state index in [1.807, 2.05) is 48.5 Å². The van der Waals surface area contributed by atoms with E-state index in [2.05, 4.69) is 17.4 Å². The number of rotatable bonds is 8. The highest BCUT2D eigenvalue weighted by Crippen LogP contribution is 2.44. The molecule has 2 amide bonds. The van der Waals surface area contributed by atoms with Gasteiger partial charge in [0.2, 0.25) is 0 Å². The molecule has 0 radical (unpaired) electrons. The number of hydrogen-bond donors (Lipinski definition) is 2. The molecule has 1 atom stereocenters. The van der Waals surface area contributed by atoms with Crippen LogP contribution in [-0.4, -0.2) is 48.6 Å². The fraction of sp³-hybridized carbons (Fsp3) is 0.323. The number of amides is 2. The molecule has 3 aromatic carbocycles. The van der Waals surface area contributed by atoms with Crippen LogP contribution in [0.3, 0.4) is 0 Å². The molecular weight excluding hydrogens is 496 g/mol. The number of fused-ring (bicyclic) bond motifs is 3. The Morgan fingerprint density at radius 2 is 1.49 bits per heavy atom. The van der Waals surface area contributed by atoms with Gasteiger partial charge in [-0.3, -0.25) is 4.90 Å². The summed E-state index contributed by atoms with van der Waals surface area (Å²) >= 11 is 0. The van der Waals surface area contributed by atoms with Crippen molar-refractivity contribution in [3.05, 3.63) is 89.5 Å². The van der Waals surface area contributed by atoms with Crippen molar-refractivity contribution in [1.82, 2.24) is 5.32 Å². The average molecular weight is 531 g/mol. The number of benzene rings is 3. The molecule has 0 saturated carbocycles. The van der Waals surface area contributed by atoms with Gasteiger partial charge in [0.15, 0.2) is 0 Å². The number of aliphatic carboxylic acids is 1. The summed E-state index contributed by atoms with van der Waals surface area (Å²) in [5.74, 6) is -1.24. The van der Waals surface area contributed by atoms with Crippen molar-refractivity contribution in [3.63, 3.8) is 0 Å². The van der Waals surface area contributed by atoms with Gasteiger partial charge >= 0.3 is 18.2 Å². The number of nitrogens with one attached hydrogen (secondary N) is 1. The average Bonchev–Trinajstić information content (AvgIpc) is 3.22. The van der Waals surface area contributed by atoms with E-state index in [-0.39, 0.29) is 18.9 Å². The van der Waals surface area contributed by atoms with Crippen LogP contribution in [0.1, 0.15) is 49.8 Å². The van der Waals surface area contributed by atoms with Crippen LogP contribution in [0.15, 0.2) is 72.8 Å². The number of hydrogen-bond acceptors (Lipinski definition) is 5. The Bertz CT molecular complexity index is 1300. The topological polar surface area (TPSA) is 105 Å². The van der Waals surface area contributed by atoms with Gasteiger partial charge < -0.3 is 19.9 Å². The van der Waals surface area contributed by atoms with Crippen molar-refractivity contribution in [2.24, 2.45) is 0 Å². The van der Waals surface area contributed by atoms with E-state index in [4.69, 9.17) is 9.47 Å². The summed E-state index contributed by atoms with van der Waals surface area (Å²) in [6, 6.07) is 22.1. The Morgan fingerprint density at radius 3 is 2.03 bits per heavy atom. The molecular formula is C31H34N2O6. The number of ether oxygens (including phenoxy) is 2. The maximum atomic E-state index is 12.6. The minimum absolute atomic E-state index is 0.108. The highest BCUT2D eigenvalue weighted by atomic mass is 16.6. The van der Waals surface area contributed by atoms with Gasteiger partial charge in [0.1, 0.15) is 18.2 Å². The van der Waals surface area contributed by atoms with Gasteiger partial charge in [-0.15, -0.1) is 0 Å². The van der Waals surface area contributed by atoms with Crippen molar-refractivity contribution >= 4 is 23.8 Å². The summed E-state index contributed by atoms with van der Waals surface area (Å²) in [6.07, 6.45) is -0.634. The minimum atomic E-state index is -1.13. The van der Waals surface area contributed by atoms with E-state index in [9.17, 15) is 19.5 Å². The van der Waals surface area contributed by atoms with Crippen molar-refractivity contribution in [2.45, 2.75) is 51.2 Å². The first-order valence-corrected chi connectivity index (χ1v) is 12.9. The predicted octanol–water partition coefficient (Wildman–Crippen LogP) is 5.98. The molecule has 1 aliphatic carbocycles. The van der Waals surface area contributed by atoms with E-state index in [0.29, 0.717) is 12.1 Å². The lowest BCUT2D eigenvalue weighted by atomic mass is 9.98. The maximum Gasteiger partial charge on any atom is 0.414 e. The molecule has 204 valence electrons. The van der Waals surface area contributed by atoms with Crippen molar-refractivity contribution in [1.29, 1.82) is 0 Å². The predicted molar refractivity (Wildman–Crippen MR) is 149 cm³/mol. The van der Waals surface area contributed by atoms with Crippen LogP contribution in [-0.2, 0) is 20.7 Å². The van der Waals surface area contributed by atoms with Gasteiger partial charge in [0.25, 0.3) is 0 Å². The van der Waals surface area contributed by atoms with Crippen LogP contribution in [0.2, 0.25) is 0 Å². The van der Waals surface area contributed by atoms with Crippen molar-refractivity contribution < 1.29 is 29.0 Å². The zero-order valence-electron chi connectivity index (χ0n) is 22.6. The number of carboxylic acids is 1. The lowest BCUT2D eigenvalue weighted by Crippen LogP contribution is -2.41. The molecule has 39 heavy (non-hydrogen) atoms. The molecule has 0 spiro atoms. The second-order valence-corrected chi connectivity index (χ2v) is 10.6. The Morgan fingerprint density at radius 1 is 0.923 bits per heavy atom. The molecule has 0 fully saturated rings. The third kappa shape index (κ3) is 6.76. The Hall–Kier alpha value is -4.33. The molecule has 8 nitrogen and oxygen atoms in total. The molecule has 0 heterocycles. The van der Waals surface area contributed by atoms with E-state index in [1.165, 1.54) is 4.90 Å². The Balaban J connectivity index is 1.31. The lowest BCUT2D eigenvalue weighted by molar-refractivity contribution is -0.139. The van der Waals surface area contributed by atoms with E-state index in [1.54, 1.807) is 40.0 Å². The first kappa shape index (κ1) is 27.7. The summed E-state index contributed by atoms with van der Waals surface area (Å²) in [6.45, 7) is 5.52. The van der Waals surface area contributed by atoms with E-state index < -0.39 is 29.8 Å². The number of nitrogens with zero attached hydrogens (tertiary/aromatic N) is 1. The molecule has 0 saturated heterocycles. The van der Waals surface area contributed by atoms with Crippen LogP contribution in [0, 0.1) is 0 Å². The molecule has 0 aliphatic heterocycles. The number of carbonyl (C=O) groups excluding carboxylic acids is 2. The van der Waals surface area contributed by atoms with Gasteiger partial charge in [-0.2, -0.15) is 0 Å². The molecule has 0 aromatic heterocycles. The summed E-state index contributed by atoms with van der Waals surface area (Å²) < 4.78 is 10.9. The van der Waals surface area contributed by atoms with Crippen LogP contribution >= 0.6 is 0 Å². The largest absolute Gasteiger partial charge is 0.480 e. The molecule has 4 rings (SSSR count). The van der Waals surface area contributed by atoms with Crippen molar-refractivity contribution in [3.8, 4) is 11.1 Å². The molecule has 0 bridgehead atoms. The third-order valence-electron chi connectivity index (χ3n) is 6.65. The van der Waals surface area contributed by atoms with Crippen LogP contribution in [0.4, 0.5) is 15.3 Å². The highest BCUT2D eigenvalue weighted by Gasteiger charge is 2.30. The van der Waals surface area contributed by atoms with Gasteiger partial charge in [-0.05, 0) is 73.6 Å². The number of carbonyl (C=O) groups is 3. The monoisotopic (exact) mass is 530 g/mol. The van der Waals surface area contributed by atoms with Crippen molar-refractivity contribution in [2.75, 3.05) is 18.6 Å². The van der Waals surface area contributed by atoms with Crippen LogP contribution in [0.5, 0.6) is 0 Å². The van der Waals surface area contributed by atoms with Gasteiger partial charge in [0, 0.05) is 18.7 Å². The zero-order valence-corrected chi connectivity index (χ0v) is 22.6. The van der Waals surface area contributed by atoms with Crippen LogP contribution < -0.4 is 10.2 Å². The molecule has 2 N–H and O–H groups in total. The smallest absolute Gasteiger partial charge is 0.414 e. The lowest BCUT2D eigenvalue weighted by Gasteiger charge is -2.24. The second kappa shape index (κ2) is 11.6. The summed E-state index contributed by atoms with van der Waals surface area (Å²) in [4.78, 5) is 38.1. The fourth-order valence-electron chi connectivity index (χ4n) is 4.67. The number of aryl methyl sites for hydroxylation is 1. The SMILES string of the molecule is CN(C(=O)OC(C)(C)C)c1ccc(CC[C@H](NC(=O)OCC2c3ccccc3-c3ccccc32)C(=O)O)cc1. The molecule has 0 unspecified atom stereocenters. The molecule has 1 aliphatic rings. The quantitative estimate of drug-likeness (QED) is 0.371. The number of anilines is 1. The highest BCUT2D eigenvalue weighted by molar-refractivity contribution is 5.87.